The van der Waals surface area contributed by atoms with E-state index in [2.05, 4.69) is 10.3 Å². The lowest BCUT2D eigenvalue weighted by Gasteiger charge is -2.27. The van der Waals surface area contributed by atoms with E-state index in [1.165, 1.54) is 13.1 Å². The number of aromatic nitrogens is 1. The number of rotatable bonds is 5. The van der Waals surface area contributed by atoms with Crippen molar-refractivity contribution in [2.75, 3.05) is 5.32 Å². The van der Waals surface area contributed by atoms with Crippen LogP contribution in [0.25, 0.3) is 0 Å². The van der Waals surface area contributed by atoms with E-state index in [1.54, 1.807) is 0 Å². The number of halogens is 1. The van der Waals surface area contributed by atoms with Crippen LogP contribution >= 0.6 is 11.6 Å². The second-order valence-electron chi connectivity index (χ2n) is 4.68. The van der Waals surface area contributed by atoms with Crippen molar-refractivity contribution in [2.45, 2.75) is 25.3 Å². The molecule has 1 fully saturated rings. The van der Waals surface area contributed by atoms with Gasteiger partial charge in [0.2, 0.25) is 0 Å². The monoisotopic (exact) mass is 285 g/mol. The Balaban J connectivity index is 2.42. The van der Waals surface area contributed by atoms with Crippen molar-refractivity contribution in [3.8, 4) is 0 Å². The van der Waals surface area contributed by atoms with Gasteiger partial charge in [-0.05, 0) is 25.7 Å². The number of pyridine rings is 1. The summed E-state index contributed by atoms with van der Waals surface area (Å²) in [5.74, 6) is -1.12. The van der Waals surface area contributed by atoms with Crippen molar-refractivity contribution in [3.63, 3.8) is 0 Å². The third-order valence-electron chi connectivity index (χ3n) is 3.30. The summed E-state index contributed by atoms with van der Waals surface area (Å²) >= 11 is 5.89. The minimum atomic E-state index is -1.27. The van der Waals surface area contributed by atoms with Gasteiger partial charge in [-0.3, -0.25) is 15.1 Å². The van der Waals surface area contributed by atoms with E-state index in [4.69, 9.17) is 11.6 Å². The molecule has 0 bridgehead atoms. The molecular weight excluding hydrogens is 274 g/mol. The van der Waals surface area contributed by atoms with E-state index < -0.39 is 16.4 Å². The molecule has 1 heterocycles. The lowest BCUT2D eigenvalue weighted by atomic mass is 9.95. The van der Waals surface area contributed by atoms with E-state index in [0.29, 0.717) is 0 Å². The van der Waals surface area contributed by atoms with Crippen LogP contribution in [-0.2, 0) is 4.79 Å². The van der Waals surface area contributed by atoms with Crippen molar-refractivity contribution in [3.05, 3.63) is 27.5 Å². The van der Waals surface area contributed by atoms with Gasteiger partial charge in [-0.15, -0.1) is 0 Å². The van der Waals surface area contributed by atoms with Crippen LogP contribution in [-0.4, -0.2) is 26.5 Å². The van der Waals surface area contributed by atoms with E-state index in [0.717, 1.165) is 19.0 Å². The van der Waals surface area contributed by atoms with Gasteiger partial charge in [-0.2, -0.15) is 0 Å². The number of hydrogen-bond donors (Lipinski definition) is 2. The third-order valence-corrected chi connectivity index (χ3v) is 3.59. The van der Waals surface area contributed by atoms with Gasteiger partial charge in [-0.1, -0.05) is 11.6 Å². The van der Waals surface area contributed by atoms with E-state index in [-0.39, 0.29) is 22.3 Å². The fourth-order valence-electron chi connectivity index (χ4n) is 1.94. The number of nitrogens with zero attached hydrogens (tertiary/aromatic N) is 2. The van der Waals surface area contributed by atoms with Crippen LogP contribution in [0.2, 0.25) is 5.02 Å². The number of hydrogen-bond acceptors (Lipinski definition) is 5. The second kappa shape index (κ2) is 4.65. The SMILES string of the molecule is CC(Nc1c(Cl)cncc1[N+](=O)[O-])(C(=O)O)C1CC1. The Labute approximate surface area is 113 Å². The molecule has 2 N–H and O–H groups in total. The maximum Gasteiger partial charge on any atom is 0.329 e. The van der Waals surface area contributed by atoms with Crippen molar-refractivity contribution < 1.29 is 14.8 Å². The average Bonchev–Trinajstić information content (AvgIpc) is 3.15. The Kier molecular flexibility index (Phi) is 3.32. The molecule has 1 aromatic rings. The molecule has 102 valence electrons. The zero-order valence-corrected chi connectivity index (χ0v) is 10.8. The molecule has 1 saturated carbocycles. The highest BCUT2D eigenvalue weighted by atomic mass is 35.5. The van der Waals surface area contributed by atoms with Crippen LogP contribution in [0.15, 0.2) is 12.4 Å². The molecule has 0 saturated heterocycles. The fourth-order valence-corrected chi connectivity index (χ4v) is 2.14. The summed E-state index contributed by atoms with van der Waals surface area (Å²) in [6, 6.07) is 0. The Morgan fingerprint density at radius 3 is 2.74 bits per heavy atom. The largest absolute Gasteiger partial charge is 0.480 e. The van der Waals surface area contributed by atoms with Crippen LogP contribution in [0.5, 0.6) is 0 Å². The Bertz CT molecular complexity index is 547. The van der Waals surface area contributed by atoms with Gasteiger partial charge in [-0.25, -0.2) is 4.79 Å². The molecule has 0 spiro atoms. The van der Waals surface area contributed by atoms with Crippen LogP contribution in [0.1, 0.15) is 19.8 Å². The van der Waals surface area contributed by atoms with Crippen LogP contribution < -0.4 is 5.32 Å². The van der Waals surface area contributed by atoms with Crippen LogP contribution in [0.3, 0.4) is 0 Å². The molecule has 2 rings (SSSR count). The van der Waals surface area contributed by atoms with Crippen molar-refractivity contribution in [1.82, 2.24) is 4.98 Å². The number of nitro groups is 1. The molecule has 0 amide bonds. The lowest BCUT2D eigenvalue weighted by molar-refractivity contribution is -0.384. The minimum absolute atomic E-state index is 0.00142. The maximum atomic E-state index is 11.4. The summed E-state index contributed by atoms with van der Waals surface area (Å²) in [4.78, 5) is 25.3. The quantitative estimate of drug-likeness (QED) is 0.635. The van der Waals surface area contributed by atoms with Gasteiger partial charge in [0.25, 0.3) is 0 Å². The number of carbonyl (C=O) groups is 1. The molecule has 19 heavy (non-hydrogen) atoms. The van der Waals surface area contributed by atoms with E-state index in [1.807, 2.05) is 0 Å². The Morgan fingerprint density at radius 1 is 1.63 bits per heavy atom. The molecule has 0 radical (unpaired) electrons. The Hall–Kier alpha value is -1.89. The normalized spacial score (nSPS) is 17.6. The van der Waals surface area contributed by atoms with Crippen LogP contribution in [0, 0.1) is 16.0 Å². The number of carboxylic acid groups (broad SMARTS) is 1. The first-order chi connectivity index (χ1) is 8.86. The highest BCUT2D eigenvalue weighted by Crippen LogP contribution is 2.44. The number of anilines is 1. The molecule has 1 aliphatic carbocycles. The summed E-state index contributed by atoms with van der Waals surface area (Å²) in [6.07, 6.45) is 3.83. The van der Waals surface area contributed by atoms with Crippen molar-refractivity contribution in [2.24, 2.45) is 5.92 Å². The minimum Gasteiger partial charge on any atom is -0.480 e. The predicted molar refractivity (Wildman–Crippen MR) is 68.3 cm³/mol. The first-order valence-corrected chi connectivity index (χ1v) is 6.03. The summed E-state index contributed by atoms with van der Waals surface area (Å²) in [6.45, 7) is 1.51. The van der Waals surface area contributed by atoms with E-state index in [9.17, 15) is 20.0 Å². The summed E-state index contributed by atoms with van der Waals surface area (Å²) in [5, 5.41) is 23.0. The van der Waals surface area contributed by atoms with Gasteiger partial charge in [0.15, 0.2) is 0 Å². The molecule has 0 aliphatic heterocycles. The van der Waals surface area contributed by atoms with Gasteiger partial charge in [0.1, 0.15) is 17.4 Å². The highest BCUT2D eigenvalue weighted by Gasteiger charge is 2.48. The molecule has 1 aromatic heterocycles. The molecule has 8 heteroatoms. The van der Waals surface area contributed by atoms with Gasteiger partial charge < -0.3 is 10.4 Å². The summed E-state index contributed by atoms with van der Waals surface area (Å²) in [7, 11) is 0. The molecule has 7 nitrogen and oxygen atoms in total. The molecule has 1 aliphatic rings. The number of carboxylic acids is 1. The van der Waals surface area contributed by atoms with Crippen LogP contribution in [0.4, 0.5) is 11.4 Å². The number of nitrogens with one attached hydrogen (secondary N) is 1. The number of aliphatic carboxylic acids is 1. The lowest BCUT2D eigenvalue weighted by Crippen LogP contribution is -2.45. The highest BCUT2D eigenvalue weighted by molar-refractivity contribution is 6.33. The first kappa shape index (κ1) is 13.5. The average molecular weight is 286 g/mol. The van der Waals surface area contributed by atoms with Gasteiger partial charge in [0, 0.05) is 6.20 Å². The fraction of sp³-hybridized carbons (Fsp3) is 0.455. The van der Waals surface area contributed by atoms with Gasteiger partial charge >= 0.3 is 11.7 Å². The molecule has 1 unspecified atom stereocenters. The predicted octanol–water partition coefficient (Wildman–Crippen LogP) is 2.31. The van der Waals surface area contributed by atoms with Crippen molar-refractivity contribution in [1.29, 1.82) is 0 Å². The third kappa shape index (κ3) is 2.46. The molecule has 1 atom stereocenters. The van der Waals surface area contributed by atoms with E-state index >= 15 is 0 Å². The zero-order chi connectivity index (χ0) is 14.2. The standard InChI is InChI=1S/C11H12ClN3O4/c1-11(10(16)17,6-2-3-6)14-9-7(12)4-13-5-8(9)15(18)19/h4-6H,2-3H2,1H3,(H,13,14)(H,16,17). The molecular formula is C11H12ClN3O4. The summed E-state index contributed by atoms with van der Waals surface area (Å²) < 4.78 is 0. The Morgan fingerprint density at radius 2 is 2.26 bits per heavy atom. The van der Waals surface area contributed by atoms with Crippen molar-refractivity contribution >= 4 is 28.9 Å². The maximum absolute atomic E-state index is 11.4. The smallest absolute Gasteiger partial charge is 0.329 e. The second-order valence-corrected chi connectivity index (χ2v) is 5.09. The first-order valence-electron chi connectivity index (χ1n) is 5.65. The topological polar surface area (TPSA) is 105 Å². The molecule has 0 aromatic carbocycles. The van der Waals surface area contributed by atoms with Gasteiger partial charge in [0.05, 0.1) is 9.95 Å². The summed E-state index contributed by atoms with van der Waals surface area (Å²) in [5.41, 5.74) is -1.60. The zero-order valence-electron chi connectivity index (χ0n) is 10.1.